The Hall–Kier alpha value is -1.34. The molecule has 2 N–H and O–H groups in total. The number of hydrogen-bond acceptors (Lipinski definition) is 6. The van der Waals surface area contributed by atoms with Crippen LogP contribution in [0.3, 0.4) is 0 Å². The van der Waals surface area contributed by atoms with Gasteiger partial charge in [-0.1, -0.05) is 6.07 Å². The van der Waals surface area contributed by atoms with E-state index in [1.54, 1.807) is 7.11 Å². The molecule has 0 spiro atoms. The SMILES string of the molecule is COc1cc(CNCC2CCN(C)CC2)ccc1OCC(O)CN1CCCC1. The molecule has 2 aliphatic rings. The highest BCUT2D eigenvalue weighted by atomic mass is 16.5. The van der Waals surface area contributed by atoms with Crippen LogP contribution in [0.1, 0.15) is 31.2 Å². The van der Waals surface area contributed by atoms with Gasteiger partial charge >= 0.3 is 0 Å². The van der Waals surface area contributed by atoms with Gasteiger partial charge in [-0.15, -0.1) is 0 Å². The highest BCUT2D eigenvalue weighted by molar-refractivity contribution is 5.43. The van der Waals surface area contributed by atoms with E-state index in [1.165, 1.54) is 44.3 Å². The van der Waals surface area contributed by atoms with Crippen molar-refractivity contribution in [3.8, 4) is 11.5 Å². The summed E-state index contributed by atoms with van der Waals surface area (Å²) in [6.07, 6.45) is 4.54. The standard InChI is InChI=1S/C22H37N3O3/c1-24-11-7-18(8-12-24)14-23-15-19-5-6-21(22(13-19)27-2)28-17-20(26)16-25-9-3-4-10-25/h5-6,13,18,20,23,26H,3-4,7-12,14-17H2,1-2H3. The fraction of sp³-hybridized carbons (Fsp3) is 0.727. The fourth-order valence-electron chi connectivity index (χ4n) is 4.13. The number of rotatable bonds is 10. The van der Waals surface area contributed by atoms with Crippen LogP contribution in [0.15, 0.2) is 18.2 Å². The lowest BCUT2D eigenvalue weighted by Gasteiger charge is -2.29. The van der Waals surface area contributed by atoms with E-state index in [2.05, 4.69) is 28.2 Å². The highest BCUT2D eigenvalue weighted by Gasteiger charge is 2.18. The number of hydrogen-bond donors (Lipinski definition) is 2. The second-order valence-corrected chi connectivity index (χ2v) is 8.34. The van der Waals surface area contributed by atoms with Gasteiger partial charge in [-0.25, -0.2) is 0 Å². The molecule has 1 unspecified atom stereocenters. The van der Waals surface area contributed by atoms with Gasteiger partial charge in [0.1, 0.15) is 12.7 Å². The molecule has 0 aromatic heterocycles. The number of methoxy groups -OCH3 is 1. The van der Waals surface area contributed by atoms with Crippen LogP contribution in [0.5, 0.6) is 11.5 Å². The summed E-state index contributed by atoms with van der Waals surface area (Å²) in [6, 6.07) is 6.06. The number of ether oxygens (including phenoxy) is 2. The minimum Gasteiger partial charge on any atom is -0.493 e. The molecule has 0 bridgehead atoms. The zero-order chi connectivity index (χ0) is 19.8. The lowest BCUT2D eigenvalue weighted by atomic mass is 9.97. The summed E-state index contributed by atoms with van der Waals surface area (Å²) in [5.41, 5.74) is 1.19. The van der Waals surface area contributed by atoms with E-state index in [1.807, 2.05) is 12.1 Å². The van der Waals surface area contributed by atoms with Crippen LogP contribution in [0.4, 0.5) is 0 Å². The Morgan fingerprint density at radius 2 is 1.89 bits per heavy atom. The van der Waals surface area contributed by atoms with E-state index < -0.39 is 6.10 Å². The van der Waals surface area contributed by atoms with Crippen molar-refractivity contribution in [3.63, 3.8) is 0 Å². The Morgan fingerprint density at radius 1 is 1.14 bits per heavy atom. The van der Waals surface area contributed by atoms with Gasteiger partial charge in [0, 0.05) is 13.1 Å². The van der Waals surface area contributed by atoms with Gasteiger partial charge in [0.2, 0.25) is 0 Å². The monoisotopic (exact) mass is 391 g/mol. The Morgan fingerprint density at radius 3 is 2.61 bits per heavy atom. The molecule has 6 nitrogen and oxygen atoms in total. The molecule has 28 heavy (non-hydrogen) atoms. The van der Waals surface area contributed by atoms with E-state index in [4.69, 9.17) is 9.47 Å². The van der Waals surface area contributed by atoms with Gasteiger partial charge in [0.25, 0.3) is 0 Å². The van der Waals surface area contributed by atoms with Crippen molar-refractivity contribution in [2.24, 2.45) is 5.92 Å². The third kappa shape index (κ3) is 6.62. The van der Waals surface area contributed by atoms with Crippen molar-refractivity contribution in [2.45, 2.75) is 38.3 Å². The Bertz CT molecular complexity index is 584. The molecule has 2 heterocycles. The first-order chi connectivity index (χ1) is 13.6. The van der Waals surface area contributed by atoms with Crippen LogP contribution in [0, 0.1) is 5.92 Å². The first-order valence-electron chi connectivity index (χ1n) is 10.7. The zero-order valence-corrected chi connectivity index (χ0v) is 17.5. The van der Waals surface area contributed by atoms with E-state index in [9.17, 15) is 5.11 Å². The van der Waals surface area contributed by atoms with Crippen molar-refractivity contribution in [1.82, 2.24) is 15.1 Å². The maximum atomic E-state index is 10.2. The maximum Gasteiger partial charge on any atom is 0.161 e. The molecule has 1 aromatic rings. The zero-order valence-electron chi connectivity index (χ0n) is 17.5. The molecule has 0 saturated carbocycles. The third-order valence-corrected chi connectivity index (χ3v) is 5.93. The molecule has 3 rings (SSSR count). The van der Waals surface area contributed by atoms with Gasteiger partial charge in [-0.05, 0) is 89.1 Å². The van der Waals surface area contributed by atoms with Crippen LogP contribution in [0.2, 0.25) is 0 Å². The Labute approximate surface area is 169 Å². The van der Waals surface area contributed by atoms with Crippen molar-refractivity contribution >= 4 is 0 Å². The molecule has 0 amide bonds. The number of piperidine rings is 1. The molecule has 158 valence electrons. The minimum atomic E-state index is -0.473. The average Bonchev–Trinajstić information content (AvgIpc) is 3.21. The molecule has 6 heteroatoms. The molecule has 2 aliphatic heterocycles. The van der Waals surface area contributed by atoms with Crippen LogP contribution in [-0.4, -0.2) is 81.0 Å². The minimum absolute atomic E-state index is 0.292. The second-order valence-electron chi connectivity index (χ2n) is 8.34. The number of β-amino-alcohol motifs (C(OH)–C–C–N with tert-alkyl or cyclic N) is 1. The predicted molar refractivity (Wildman–Crippen MR) is 112 cm³/mol. The number of aliphatic hydroxyl groups is 1. The summed E-state index contributed by atoms with van der Waals surface area (Å²) in [6.45, 7) is 7.45. The van der Waals surface area contributed by atoms with Crippen molar-refractivity contribution < 1.29 is 14.6 Å². The number of nitrogens with one attached hydrogen (secondary N) is 1. The molecule has 0 radical (unpaired) electrons. The van der Waals surface area contributed by atoms with E-state index in [-0.39, 0.29) is 0 Å². The summed E-state index contributed by atoms with van der Waals surface area (Å²) in [4.78, 5) is 4.70. The molecular weight excluding hydrogens is 354 g/mol. The van der Waals surface area contributed by atoms with Crippen LogP contribution in [0.25, 0.3) is 0 Å². The summed E-state index contributed by atoms with van der Waals surface area (Å²) >= 11 is 0. The average molecular weight is 392 g/mol. The summed E-state index contributed by atoms with van der Waals surface area (Å²) in [5.74, 6) is 2.20. The molecule has 1 atom stereocenters. The van der Waals surface area contributed by atoms with Gasteiger partial charge < -0.3 is 29.7 Å². The number of benzene rings is 1. The Balaban J connectivity index is 1.42. The number of nitrogens with zero attached hydrogens (tertiary/aromatic N) is 2. The van der Waals surface area contributed by atoms with Gasteiger partial charge in [0.15, 0.2) is 11.5 Å². The van der Waals surface area contributed by atoms with E-state index in [0.29, 0.717) is 18.9 Å². The Kier molecular flexibility index (Phi) is 8.40. The van der Waals surface area contributed by atoms with Crippen molar-refractivity contribution in [3.05, 3.63) is 23.8 Å². The summed E-state index contributed by atoms with van der Waals surface area (Å²) in [5, 5.41) is 13.8. The molecule has 1 aromatic carbocycles. The summed E-state index contributed by atoms with van der Waals surface area (Å²) in [7, 11) is 3.86. The maximum absolute atomic E-state index is 10.2. The predicted octanol–water partition coefficient (Wildman–Crippen LogP) is 1.96. The molecule has 2 saturated heterocycles. The first kappa shape index (κ1) is 21.4. The van der Waals surface area contributed by atoms with Gasteiger partial charge in [-0.3, -0.25) is 0 Å². The fourth-order valence-corrected chi connectivity index (χ4v) is 4.13. The quantitative estimate of drug-likeness (QED) is 0.636. The van der Waals surface area contributed by atoms with Crippen LogP contribution in [-0.2, 0) is 6.54 Å². The normalized spacial score (nSPS) is 20.4. The lowest BCUT2D eigenvalue weighted by molar-refractivity contribution is 0.0747. The first-order valence-corrected chi connectivity index (χ1v) is 10.7. The number of likely N-dealkylation sites (tertiary alicyclic amines) is 2. The van der Waals surface area contributed by atoms with Crippen LogP contribution >= 0.6 is 0 Å². The van der Waals surface area contributed by atoms with Gasteiger partial charge in [0.05, 0.1) is 7.11 Å². The van der Waals surface area contributed by atoms with Crippen molar-refractivity contribution in [1.29, 1.82) is 0 Å². The number of aliphatic hydroxyl groups excluding tert-OH is 1. The van der Waals surface area contributed by atoms with Crippen LogP contribution < -0.4 is 14.8 Å². The molecular formula is C22H37N3O3. The molecule has 2 fully saturated rings. The van der Waals surface area contributed by atoms with E-state index >= 15 is 0 Å². The topological polar surface area (TPSA) is 57.2 Å². The largest absolute Gasteiger partial charge is 0.493 e. The highest BCUT2D eigenvalue weighted by Crippen LogP contribution is 2.28. The molecule has 0 aliphatic carbocycles. The summed E-state index contributed by atoms with van der Waals surface area (Å²) < 4.78 is 11.3. The second kappa shape index (κ2) is 11.0. The smallest absolute Gasteiger partial charge is 0.161 e. The lowest BCUT2D eigenvalue weighted by Crippen LogP contribution is -2.34. The third-order valence-electron chi connectivity index (χ3n) is 5.93. The van der Waals surface area contributed by atoms with Crippen molar-refractivity contribution in [2.75, 3.05) is 60.0 Å². The van der Waals surface area contributed by atoms with E-state index in [0.717, 1.165) is 37.8 Å². The van der Waals surface area contributed by atoms with Gasteiger partial charge in [-0.2, -0.15) is 0 Å².